The molecule has 2 amide bonds. The lowest BCUT2D eigenvalue weighted by atomic mass is 10.1. The van der Waals surface area contributed by atoms with Gasteiger partial charge in [-0.05, 0) is 42.5 Å². The zero-order valence-corrected chi connectivity index (χ0v) is 16.2. The van der Waals surface area contributed by atoms with Crippen molar-refractivity contribution in [1.82, 2.24) is 10.2 Å². The Morgan fingerprint density at radius 1 is 1.27 bits per heavy atom. The zero-order chi connectivity index (χ0) is 18.5. The van der Waals surface area contributed by atoms with Gasteiger partial charge in [0.1, 0.15) is 0 Å². The highest BCUT2D eigenvalue weighted by molar-refractivity contribution is 6.30. The Labute approximate surface area is 160 Å². The molecule has 0 aliphatic carbocycles. The van der Waals surface area contributed by atoms with Crippen molar-refractivity contribution in [2.75, 3.05) is 31.6 Å². The molecule has 2 aromatic carbocycles. The summed E-state index contributed by atoms with van der Waals surface area (Å²) in [6, 6.07) is 16.0. The standard InChI is InChI=1S/C21H26ClN3O/c1-16-8-9-19(22)12-20(16)25-11-10-18(15-25)13-23-21(26)24(2)14-17-6-4-3-5-7-17/h3-9,12,18H,10-11,13-15H2,1-2H3,(H,23,26). The maximum Gasteiger partial charge on any atom is 0.317 e. The quantitative estimate of drug-likeness (QED) is 0.849. The van der Waals surface area contributed by atoms with Gasteiger partial charge >= 0.3 is 6.03 Å². The van der Waals surface area contributed by atoms with E-state index in [1.165, 1.54) is 11.3 Å². The van der Waals surface area contributed by atoms with Crippen molar-refractivity contribution < 1.29 is 4.79 Å². The van der Waals surface area contributed by atoms with Crippen molar-refractivity contribution in [3.63, 3.8) is 0 Å². The average Bonchev–Trinajstić information content (AvgIpc) is 3.11. The van der Waals surface area contributed by atoms with E-state index in [-0.39, 0.29) is 6.03 Å². The Kier molecular flexibility index (Phi) is 6.04. The largest absolute Gasteiger partial charge is 0.371 e. The summed E-state index contributed by atoms with van der Waals surface area (Å²) in [6.07, 6.45) is 1.08. The summed E-state index contributed by atoms with van der Waals surface area (Å²) in [6.45, 7) is 5.38. The molecule has 1 heterocycles. The van der Waals surface area contributed by atoms with E-state index in [1.807, 2.05) is 49.5 Å². The number of carbonyl (C=O) groups is 1. The number of benzene rings is 2. The summed E-state index contributed by atoms with van der Waals surface area (Å²) in [5.41, 5.74) is 3.57. The summed E-state index contributed by atoms with van der Waals surface area (Å²) in [5, 5.41) is 3.85. The molecule has 5 heteroatoms. The maximum atomic E-state index is 12.3. The van der Waals surface area contributed by atoms with Crippen LogP contribution in [0, 0.1) is 12.8 Å². The SMILES string of the molecule is Cc1ccc(Cl)cc1N1CCC(CNC(=O)N(C)Cc2ccccc2)C1. The van der Waals surface area contributed by atoms with Crippen molar-refractivity contribution in [2.24, 2.45) is 5.92 Å². The molecule has 1 aliphatic heterocycles. The predicted molar refractivity (Wildman–Crippen MR) is 108 cm³/mol. The number of hydrogen-bond acceptors (Lipinski definition) is 2. The Hall–Kier alpha value is -2.20. The van der Waals surface area contributed by atoms with Gasteiger partial charge in [0, 0.05) is 43.9 Å². The number of nitrogens with one attached hydrogen (secondary N) is 1. The highest BCUT2D eigenvalue weighted by Crippen LogP contribution is 2.29. The van der Waals surface area contributed by atoms with E-state index < -0.39 is 0 Å². The van der Waals surface area contributed by atoms with Crippen molar-refractivity contribution in [3.05, 3.63) is 64.7 Å². The third-order valence-electron chi connectivity index (χ3n) is 4.95. The topological polar surface area (TPSA) is 35.6 Å². The molecular weight excluding hydrogens is 346 g/mol. The number of urea groups is 1. The fraction of sp³-hybridized carbons (Fsp3) is 0.381. The van der Waals surface area contributed by atoms with Crippen LogP contribution in [0.3, 0.4) is 0 Å². The molecule has 3 rings (SSSR count). The number of anilines is 1. The van der Waals surface area contributed by atoms with Crippen molar-refractivity contribution in [3.8, 4) is 0 Å². The summed E-state index contributed by atoms with van der Waals surface area (Å²) < 4.78 is 0. The molecule has 1 fully saturated rings. The van der Waals surface area contributed by atoms with Gasteiger partial charge in [0.25, 0.3) is 0 Å². The first-order chi connectivity index (χ1) is 12.5. The number of hydrogen-bond donors (Lipinski definition) is 1. The number of carbonyl (C=O) groups excluding carboxylic acids is 1. The predicted octanol–water partition coefficient (Wildman–Crippen LogP) is 4.32. The smallest absolute Gasteiger partial charge is 0.317 e. The van der Waals surface area contributed by atoms with Crippen LogP contribution in [-0.4, -0.2) is 37.6 Å². The molecule has 1 unspecified atom stereocenters. The van der Waals surface area contributed by atoms with Crippen molar-refractivity contribution in [2.45, 2.75) is 19.9 Å². The van der Waals surface area contributed by atoms with Crippen LogP contribution in [0.25, 0.3) is 0 Å². The molecule has 1 N–H and O–H groups in total. The minimum absolute atomic E-state index is 0.0220. The molecule has 0 radical (unpaired) electrons. The second-order valence-corrected chi connectivity index (χ2v) is 7.50. The minimum Gasteiger partial charge on any atom is -0.371 e. The number of rotatable bonds is 5. The van der Waals surface area contributed by atoms with Crippen LogP contribution >= 0.6 is 11.6 Å². The molecule has 138 valence electrons. The first kappa shape index (κ1) is 18.6. The Morgan fingerprint density at radius 3 is 2.81 bits per heavy atom. The maximum absolute atomic E-state index is 12.3. The third kappa shape index (κ3) is 4.70. The number of aryl methyl sites for hydroxylation is 1. The highest BCUT2D eigenvalue weighted by atomic mass is 35.5. The molecule has 0 saturated carbocycles. The molecule has 0 spiro atoms. The molecule has 4 nitrogen and oxygen atoms in total. The molecule has 26 heavy (non-hydrogen) atoms. The highest BCUT2D eigenvalue weighted by Gasteiger charge is 2.24. The van der Waals surface area contributed by atoms with Gasteiger partial charge in [0.05, 0.1) is 0 Å². The van der Waals surface area contributed by atoms with Gasteiger partial charge in [-0.15, -0.1) is 0 Å². The second-order valence-electron chi connectivity index (χ2n) is 7.06. The molecule has 1 aliphatic rings. The van der Waals surface area contributed by atoms with Gasteiger partial charge in [-0.1, -0.05) is 48.0 Å². The molecule has 0 bridgehead atoms. The number of halogens is 1. The Balaban J connectivity index is 1.48. The van der Waals surface area contributed by atoms with Gasteiger partial charge in [-0.2, -0.15) is 0 Å². The van der Waals surface area contributed by atoms with Gasteiger partial charge in [-0.25, -0.2) is 4.79 Å². The normalized spacial score (nSPS) is 16.6. The van der Waals surface area contributed by atoms with Crippen molar-refractivity contribution >= 4 is 23.3 Å². The lowest BCUT2D eigenvalue weighted by Crippen LogP contribution is -2.39. The van der Waals surface area contributed by atoms with Crippen LogP contribution in [-0.2, 0) is 6.54 Å². The third-order valence-corrected chi connectivity index (χ3v) is 5.18. The fourth-order valence-corrected chi connectivity index (χ4v) is 3.60. The zero-order valence-electron chi connectivity index (χ0n) is 15.4. The van der Waals surface area contributed by atoms with Crippen molar-refractivity contribution in [1.29, 1.82) is 0 Å². The second kappa shape index (κ2) is 8.45. The average molecular weight is 372 g/mol. The first-order valence-corrected chi connectivity index (χ1v) is 9.44. The summed E-state index contributed by atoms with van der Waals surface area (Å²) in [4.78, 5) is 16.4. The van der Waals surface area contributed by atoms with E-state index in [2.05, 4.69) is 23.2 Å². The van der Waals surface area contributed by atoms with E-state index >= 15 is 0 Å². The summed E-state index contributed by atoms with van der Waals surface area (Å²) in [7, 11) is 1.83. The minimum atomic E-state index is -0.0220. The van der Waals surface area contributed by atoms with Crippen LogP contribution in [0.2, 0.25) is 5.02 Å². The van der Waals surface area contributed by atoms with Gasteiger partial charge in [0.2, 0.25) is 0 Å². The van der Waals surface area contributed by atoms with E-state index in [9.17, 15) is 4.79 Å². The van der Waals surface area contributed by atoms with Gasteiger partial charge in [-0.3, -0.25) is 0 Å². The molecule has 1 atom stereocenters. The van der Waals surface area contributed by atoms with E-state index in [0.29, 0.717) is 19.0 Å². The lowest BCUT2D eigenvalue weighted by molar-refractivity contribution is 0.205. The molecule has 2 aromatic rings. The Morgan fingerprint density at radius 2 is 2.04 bits per heavy atom. The van der Waals surface area contributed by atoms with E-state index in [1.54, 1.807) is 4.90 Å². The Bertz CT molecular complexity index is 750. The number of nitrogens with zero attached hydrogens (tertiary/aromatic N) is 2. The monoisotopic (exact) mass is 371 g/mol. The molecule has 0 aromatic heterocycles. The van der Waals surface area contributed by atoms with E-state index in [4.69, 9.17) is 11.6 Å². The molecular formula is C21H26ClN3O. The fourth-order valence-electron chi connectivity index (χ4n) is 3.44. The lowest BCUT2D eigenvalue weighted by Gasteiger charge is -2.22. The van der Waals surface area contributed by atoms with Crippen LogP contribution in [0.15, 0.2) is 48.5 Å². The van der Waals surface area contributed by atoms with Crippen LogP contribution in [0.1, 0.15) is 17.5 Å². The summed E-state index contributed by atoms with van der Waals surface area (Å²) in [5.74, 6) is 0.461. The van der Waals surface area contributed by atoms with Gasteiger partial charge in [0.15, 0.2) is 0 Å². The first-order valence-electron chi connectivity index (χ1n) is 9.07. The van der Waals surface area contributed by atoms with Crippen LogP contribution < -0.4 is 10.2 Å². The van der Waals surface area contributed by atoms with Crippen LogP contribution in [0.5, 0.6) is 0 Å². The van der Waals surface area contributed by atoms with Crippen LogP contribution in [0.4, 0.5) is 10.5 Å². The van der Waals surface area contributed by atoms with E-state index in [0.717, 1.165) is 30.1 Å². The summed E-state index contributed by atoms with van der Waals surface area (Å²) >= 11 is 6.15. The van der Waals surface area contributed by atoms with Gasteiger partial charge < -0.3 is 15.1 Å². The molecule has 1 saturated heterocycles. The number of amides is 2.